The Hall–Kier alpha value is -3.60. The fourth-order valence-corrected chi connectivity index (χ4v) is 4.42. The normalized spacial score (nSPS) is 14.8. The van der Waals surface area contributed by atoms with Crippen molar-refractivity contribution in [3.63, 3.8) is 0 Å². The molecule has 0 aliphatic carbocycles. The Balaban J connectivity index is 1.57. The van der Waals surface area contributed by atoms with Gasteiger partial charge in [-0.25, -0.2) is 4.79 Å². The third kappa shape index (κ3) is 5.25. The van der Waals surface area contributed by atoms with Crippen LogP contribution in [0.1, 0.15) is 42.4 Å². The van der Waals surface area contributed by atoms with Crippen molar-refractivity contribution < 1.29 is 9.59 Å². The summed E-state index contributed by atoms with van der Waals surface area (Å²) in [5.74, 6) is -0.299. The van der Waals surface area contributed by atoms with E-state index in [1.165, 1.54) is 0 Å². The number of aryl methyl sites for hydroxylation is 1. The molecule has 3 aromatic rings. The van der Waals surface area contributed by atoms with E-state index in [-0.39, 0.29) is 17.9 Å². The van der Waals surface area contributed by atoms with Gasteiger partial charge in [0.05, 0.1) is 17.3 Å². The highest BCUT2D eigenvalue weighted by molar-refractivity contribution is 6.02. The van der Waals surface area contributed by atoms with Gasteiger partial charge in [0.15, 0.2) is 0 Å². The maximum Gasteiger partial charge on any atom is 0.324 e. The average molecular weight is 442 g/mol. The lowest BCUT2D eigenvalue weighted by Crippen LogP contribution is -2.49. The predicted molar refractivity (Wildman–Crippen MR) is 133 cm³/mol. The molecule has 1 aliphatic rings. The molecule has 5 heteroatoms. The van der Waals surface area contributed by atoms with Crippen LogP contribution < -0.4 is 10.2 Å². The average Bonchev–Trinajstić information content (AvgIpc) is 2.83. The van der Waals surface area contributed by atoms with Crippen LogP contribution >= 0.6 is 0 Å². The predicted octanol–water partition coefficient (Wildman–Crippen LogP) is 5.96. The Kier molecular flexibility index (Phi) is 7.08. The minimum absolute atomic E-state index is 0.0282. The summed E-state index contributed by atoms with van der Waals surface area (Å²) in [4.78, 5) is 30.3. The zero-order valence-electron chi connectivity index (χ0n) is 19.3. The Morgan fingerprint density at radius 2 is 1.67 bits per heavy atom. The van der Waals surface area contributed by atoms with Gasteiger partial charge in [-0.05, 0) is 48.6 Å². The molecule has 0 radical (unpaired) electrons. The number of amides is 3. The number of urea groups is 1. The van der Waals surface area contributed by atoms with Gasteiger partial charge in [0.2, 0.25) is 5.91 Å². The van der Waals surface area contributed by atoms with E-state index in [0.717, 1.165) is 35.3 Å². The highest BCUT2D eigenvalue weighted by atomic mass is 16.2. The summed E-state index contributed by atoms with van der Waals surface area (Å²) >= 11 is 0. The van der Waals surface area contributed by atoms with Crippen molar-refractivity contribution in [2.75, 3.05) is 23.3 Å². The van der Waals surface area contributed by atoms with E-state index in [2.05, 4.69) is 5.32 Å². The SMILES string of the molecule is CC[C@@H](C(=O)Nc1cc(C)ccc1N1CCCN(Cc2ccccc2)C1=O)c1ccccc1. The maximum atomic E-state index is 13.4. The molecule has 3 aromatic carbocycles. The number of nitrogens with zero attached hydrogens (tertiary/aromatic N) is 2. The van der Waals surface area contributed by atoms with Crippen LogP contribution in [0.5, 0.6) is 0 Å². The Morgan fingerprint density at radius 1 is 0.970 bits per heavy atom. The van der Waals surface area contributed by atoms with E-state index < -0.39 is 0 Å². The largest absolute Gasteiger partial charge is 0.324 e. The molecule has 1 N–H and O–H groups in total. The lowest BCUT2D eigenvalue weighted by atomic mass is 9.95. The van der Waals surface area contributed by atoms with Crippen molar-refractivity contribution >= 4 is 23.3 Å². The van der Waals surface area contributed by atoms with Crippen molar-refractivity contribution in [2.24, 2.45) is 0 Å². The molecule has 1 aliphatic heterocycles. The van der Waals surface area contributed by atoms with Gasteiger partial charge in [-0.15, -0.1) is 0 Å². The first-order valence-corrected chi connectivity index (χ1v) is 11.6. The smallest absolute Gasteiger partial charge is 0.324 e. The maximum absolute atomic E-state index is 13.4. The van der Waals surface area contributed by atoms with Gasteiger partial charge >= 0.3 is 6.03 Å². The summed E-state index contributed by atoms with van der Waals surface area (Å²) in [6.07, 6.45) is 1.58. The van der Waals surface area contributed by atoms with E-state index in [9.17, 15) is 9.59 Å². The van der Waals surface area contributed by atoms with E-state index in [1.807, 2.05) is 97.6 Å². The number of carbonyl (C=O) groups is 2. The van der Waals surface area contributed by atoms with Crippen molar-refractivity contribution in [3.8, 4) is 0 Å². The zero-order valence-corrected chi connectivity index (χ0v) is 19.3. The fraction of sp³-hybridized carbons (Fsp3) is 0.286. The van der Waals surface area contributed by atoms with Crippen LogP contribution in [-0.4, -0.2) is 29.9 Å². The van der Waals surface area contributed by atoms with Crippen molar-refractivity contribution in [3.05, 3.63) is 95.6 Å². The second-order valence-corrected chi connectivity index (χ2v) is 8.58. The summed E-state index contributed by atoms with van der Waals surface area (Å²) in [5, 5.41) is 3.13. The standard InChI is InChI=1S/C28H31N3O2/c1-3-24(23-13-8-5-9-14-23)27(32)29-25-19-21(2)15-16-26(25)31-18-10-17-30(28(31)33)20-22-11-6-4-7-12-22/h4-9,11-16,19,24H,3,10,17-18,20H2,1-2H3,(H,29,32)/t24-/m1/s1. The van der Waals surface area contributed by atoms with Crippen molar-refractivity contribution in [1.29, 1.82) is 0 Å². The third-order valence-corrected chi connectivity index (χ3v) is 6.15. The molecule has 0 unspecified atom stereocenters. The van der Waals surface area contributed by atoms with Gasteiger partial charge in [-0.2, -0.15) is 0 Å². The molecular formula is C28H31N3O2. The van der Waals surface area contributed by atoms with Gasteiger partial charge in [0, 0.05) is 19.6 Å². The van der Waals surface area contributed by atoms with E-state index in [4.69, 9.17) is 0 Å². The Morgan fingerprint density at radius 3 is 2.36 bits per heavy atom. The zero-order chi connectivity index (χ0) is 23.2. The first-order chi connectivity index (χ1) is 16.1. The van der Waals surface area contributed by atoms with Crippen LogP contribution in [0.25, 0.3) is 0 Å². The third-order valence-electron chi connectivity index (χ3n) is 6.15. The van der Waals surface area contributed by atoms with Gasteiger partial charge < -0.3 is 10.2 Å². The molecule has 1 fully saturated rings. The summed E-state index contributed by atoms with van der Waals surface area (Å²) in [7, 11) is 0. The van der Waals surface area contributed by atoms with Crippen LogP contribution in [0.15, 0.2) is 78.9 Å². The number of nitrogens with one attached hydrogen (secondary N) is 1. The Bertz CT molecular complexity index is 1100. The number of rotatable bonds is 7. The van der Waals surface area contributed by atoms with E-state index in [1.54, 1.807) is 4.90 Å². The van der Waals surface area contributed by atoms with Gasteiger partial charge in [-0.3, -0.25) is 9.69 Å². The molecule has 4 rings (SSSR count). The number of anilines is 2. The van der Waals surface area contributed by atoms with Crippen LogP contribution in [0, 0.1) is 6.92 Å². The second kappa shape index (κ2) is 10.3. The molecule has 0 spiro atoms. The van der Waals surface area contributed by atoms with E-state index >= 15 is 0 Å². The van der Waals surface area contributed by atoms with Gasteiger partial charge in [-0.1, -0.05) is 73.7 Å². The minimum Gasteiger partial charge on any atom is -0.324 e. The molecule has 0 aromatic heterocycles. The number of hydrogen-bond acceptors (Lipinski definition) is 2. The van der Waals surface area contributed by atoms with E-state index in [0.29, 0.717) is 25.2 Å². The van der Waals surface area contributed by atoms with Crippen LogP contribution in [0.3, 0.4) is 0 Å². The van der Waals surface area contributed by atoms with Crippen molar-refractivity contribution in [1.82, 2.24) is 4.90 Å². The molecule has 5 nitrogen and oxygen atoms in total. The quantitative estimate of drug-likeness (QED) is 0.492. The summed E-state index contributed by atoms with van der Waals surface area (Å²) in [6.45, 7) is 5.95. The highest BCUT2D eigenvalue weighted by Gasteiger charge is 2.29. The Labute approximate surface area is 196 Å². The lowest BCUT2D eigenvalue weighted by molar-refractivity contribution is -0.117. The molecule has 0 bridgehead atoms. The fourth-order valence-electron chi connectivity index (χ4n) is 4.42. The molecule has 170 valence electrons. The summed E-state index contributed by atoms with van der Waals surface area (Å²) in [6, 6.07) is 25.7. The molecule has 0 saturated carbocycles. The molecule has 1 saturated heterocycles. The highest BCUT2D eigenvalue weighted by Crippen LogP contribution is 2.32. The number of hydrogen-bond donors (Lipinski definition) is 1. The lowest BCUT2D eigenvalue weighted by Gasteiger charge is -2.36. The van der Waals surface area contributed by atoms with Crippen LogP contribution in [-0.2, 0) is 11.3 Å². The first kappa shape index (κ1) is 22.6. The number of carbonyl (C=O) groups excluding carboxylic acids is 2. The molecule has 1 heterocycles. The van der Waals surface area contributed by atoms with Crippen molar-refractivity contribution in [2.45, 2.75) is 39.2 Å². The molecule has 3 amide bonds. The number of benzene rings is 3. The second-order valence-electron chi connectivity index (χ2n) is 8.58. The molecule has 33 heavy (non-hydrogen) atoms. The topological polar surface area (TPSA) is 52.7 Å². The van der Waals surface area contributed by atoms with Gasteiger partial charge in [0.25, 0.3) is 0 Å². The summed E-state index contributed by atoms with van der Waals surface area (Å²) in [5.41, 5.74) is 4.57. The van der Waals surface area contributed by atoms with Crippen LogP contribution in [0.4, 0.5) is 16.2 Å². The first-order valence-electron chi connectivity index (χ1n) is 11.6. The van der Waals surface area contributed by atoms with Gasteiger partial charge in [0.1, 0.15) is 0 Å². The monoisotopic (exact) mass is 441 g/mol. The summed E-state index contributed by atoms with van der Waals surface area (Å²) < 4.78 is 0. The molecular weight excluding hydrogens is 410 g/mol. The molecule has 1 atom stereocenters. The van der Waals surface area contributed by atoms with Crippen LogP contribution in [0.2, 0.25) is 0 Å². The minimum atomic E-state index is -0.244.